The molecule has 2 fully saturated rings. The summed E-state index contributed by atoms with van der Waals surface area (Å²) in [7, 11) is -2.43. The number of pyridine rings is 1. The molecule has 1 aliphatic carbocycles. The van der Waals surface area contributed by atoms with Gasteiger partial charge in [0.25, 0.3) is 5.56 Å². The van der Waals surface area contributed by atoms with E-state index < -0.39 is 21.7 Å². The molecule has 1 aliphatic heterocycles. The molecule has 10 heteroatoms. The van der Waals surface area contributed by atoms with Crippen molar-refractivity contribution >= 4 is 26.9 Å². The molecule has 1 spiro atoms. The van der Waals surface area contributed by atoms with Crippen LogP contribution in [0.5, 0.6) is 0 Å². The van der Waals surface area contributed by atoms with Crippen LogP contribution in [0.25, 0.3) is 10.8 Å². The maximum Gasteiger partial charge on any atom is 0.407 e. The van der Waals surface area contributed by atoms with Crippen LogP contribution in [0.15, 0.2) is 70.5 Å². The van der Waals surface area contributed by atoms with Gasteiger partial charge in [0.2, 0.25) is 10.0 Å². The van der Waals surface area contributed by atoms with E-state index in [0.29, 0.717) is 30.0 Å². The van der Waals surface area contributed by atoms with Crippen molar-refractivity contribution in [3.8, 4) is 0 Å². The highest BCUT2D eigenvalue weighted by atomic mass is 32.2. The third kappa shape index (κ3) is 4.22. The average Bonchev–Trinajstić information content (AvgIpc) is 3.57. The van der Waals surface area contributed by atoms with Gasteiger partial charge in [-0.15, -0.1) is 0 Å². The molecule has 1 aromatic heterocycles. The number of carbonyl (C=O) groups excluding carboxylic acids is 1. The number of carbonyl (C=O) groups is 1. The fourth-order valence-electron chi connectivity index (χ4n) is 4.98. The van der Waals surface area contributed by atoms with E-state index in [9.17, 15) is 18.0 Å². The van der Waals surface area contributed by atoms with E-state index in [-0.39, 0.29) is 36.4 Å². The van der Waals surface area contributed by atoms with Crippen LogP contribution in [0.2, 0.25) is 0 Å². The zero-order chi connectivity index (χ0) is 24.6. The van der Waals surface area contributed by atoms with E-state index in [0.717, 1.165) is 5.56 Å². The Bertz CT molecular complexity index is 1420. The molecular weight excluding hydrogens is 470 g/mol. The predicted molar refractivity (Wildman–Crippen MR) is 129 cm³/mol. The molecule has 1 atom stereocenters. The molecule has 3 aromatic rings. The molecule has 184 valence electrons. The second-order valence-electron chi connectivity index (χ2n) is 8.95. The fraction of sp³-hybridized carbons (Fsp3) is 0.360. The summed E-state index contributed by atoms with van der Waals surface area (Å²) in [6.45, 7) is 0.503. The number of methoxy groups -OCH3 is 1. The van der Waals surface area contributed by atoms with Crippen molar-refractivity contribution < 1.29 is 22.7 Å². The summed E-state index contributed by atoms with van der Waals surface area (Å²) in [6, 6.07) is 15.4. The van der Waals surface area contributed by atoms with E-state index in [1.54, 1.807) is 18.2 Å². The van der Waals surface area contributed by atoms with Crippen LogP contribution in [0.3, 0.4) is 0 Å². The summed E-state index contributed by atoms with van der Waals surface area (Å²) in [5, 5.41) is 3.58. The van der Waals surface area contributed by atoms with Crippen LogP contribution in [0.4, 0.5) is 4.79 Å². The normalized spacial score (nSPS) is 19.2. The number of hydrogen-bond donors (Lipinski definition) is 1. The van der Waals surface area contributed by atoms with E-state index in [1.165, 1.54) is 28.2 Å². The highest BCUT2D eigenvalue weighted by Crippen LogP contribution is 2.52. The number of rotatable bonds is 7. The minimum Gasteiger partial charge on any atom is -0.445 e. The van der Waals surface area contributed by atoms with Gasteiger partial charge in [-0.2, -0.15) is 4.31 Å². The summed E-state index contributed by atoms with van der Waals surface area (Å²) < 4.78 is 40.9. The van der Waals surface area contributed by atoms with E-state index in [2.05, 4.69) is 5.32 Å². The highest BCUT2D eigenvalue weighted by molar-refractivity contribution is 7.89. The molecule has 1 saturated heterocycles. The van der Waals surface area contributed by atoms with Crippen molar-refractivity contribution in [3.63, 3.8) is 0 Å². The Balaban J connectivity index is 1.37. The lowest BCUT2D eigenvalue weighted by Gasteiger charge is -2.28. The third-order valence-corrected chi connectivity index (χ3v) is 8.89. The second kappa shape index (κ2) is 9.10. The van der Waals surface area contributed by atoms with Gasteiger partial charge in [0.05, 0.1) is 16.5 Å². The van der Waals surface area contributed by atoms with Crippen LogP contribution < -0.4 is 10.9 Å². The molecular formula is C25H27N3O6S. The Kier molecular flexibility index (Phi) is 6.12. The number of nitrogens with one attached hydrogen (secondary N) is 1. The van der Waals surface area contributed by atoms with Crippen LogP contribution >= 0.6 is 0 Å². The quantitative estimate of drug-likeness (QED) is 0.538. The van der Waals surface area contributed by atoms with Gasteiger partial charge >= 0.3 is 6.09 Å². The number of alkyl carbamates (subject to hydrolysis) is 1. The molecule has 0 radical (unpaired) electrons. The molecule has 2 aliphatic rings. The van der Waals surface area contributed by atoms with Crippen molar-refractivity contribution in [2.75, 3.05) is 13.7 Å². The minimum atomic E-state index is -3.91. The van der Waals surface area contributed by atoms with Gasteiger partial charge in [0, 0.05) is 30.6 Å². The molecule has 9 nitrogen and oxygen atoms in total. The number of ether oxygens (including phenoxy) is 2. The summed E-state index contributed by atoms with van der Waals surface area (Å²) in [6.07, 6.45) is 2.78. The summed E-state index contributed by atoms with van der Waals surface area (Å²) in [5.74, 6) is 0. The zero-order valence-corrected chi connectivity index (χ0v) is 20.2. The van der Waals surface area contributed by atoms with Crippen LogP contribution in [-0.4, -0.2) is 48.6 Å². The van der Waals surface area contributed by atoms with E-state index in [1.807, 2.05) is 30.3 Å². The number of sulfonamides is 1. The van der Waals surface area contributed by atoms with E-state index in [4.69, 9.17) is 9.47 Å². The Morgan fingerprint density at radius 2 is 1.86 bits per heavy atom. The Hall–Kier alpha value is -3.21. The van der Waals surface area contributed by atoms with Crippen molar-refractivity contribution in [1.82, 2.24) is 14.2 Å². The minimum absolute atomic E-state index is 0.0781. The van der Waals surface area contributed by atoms with Gasteiger partial charge in [-0.3, -0.25) is 9.36 Å². The first-order valence-corrected chi connectivity index (χ1v) is 12.9. The Morgan fingerprint density at radius 3 is 2.57 bits per heavy atom. The SMILES string of the molecule is COCn1ccc2c(S(=O)(=O)N3CCC(NC(=O)OCc4ccccc4)C34CC4)cccc2c1=O. The second-order valence-corrected chi connectivity index (χ2v) is 10.8. The van der Waals surface area contributed by atoms with Gasteiger partial charge in [-0.1, -0.05) is 36.4 Å². The molecule has 1 unspecified atom stereocenters. The number of benzene rings is 2. The first-order chi connectivity index (χ1) is 16.9. The maximum atomic E-state index is 13.8. The molecule has 1 saturated carbocycles. The Labute approximate surface area is 203 Å². The number of hydrogen-bond acceptors (Lipinski definition) is 6. The van der Waals surface area contributed by atoms with Gasteiger partial charge in [-0.25, -0.2) is 13.2 Å². The molecule has 2 heterocycles. The Morgan fingerprint density at radius 1 is 1.09 bits per heavy atom. The molecule has 1 N–H and O–H groups in total. The van der Waals surface area contributed by atoms with Crippen LogP contribution in [-0.2, 0) is 32.8 Å². The lowest BCUT2D eigenvalue weighted by molar-refractivity contribution is 0.128. The molecule has 0 bridgehead atoms. The molecule has 35 heavy (non-hydrogen) atoms. The first-order valence-electron chi connectivity index (χ1n) is 11.5. The van der Waals surface area contributed by atoms with Crippen molar-refractivity contribution in [2.45, 2.75) is 49.1 Å². The third-order valence-electron chi connectivity index (χ3n) is 6.85. The van der Waals surface area contributed by atoms with Gasteiger partial charge in [0.15, 0.2) is 0 Å². The summed E-state index contributed by atoms with van der Waals surface area (Å²) in [5.41, 5.74) is -0.109. The summed E-state index contributed by atoms with van der Waals surface area (Å²) >= 11 is 0. The van der Waals surface area contributed by atoms with Crippen molar-refractivity contribution in [2.24, 2.45) is 0 Å². The molecule has 2 aromatic carbocycles. The lowest BCUT2D eigenvalue weighted by atomic mass is 10.1. The lowest BCUT2D eigenvalue weighted by Crippen LogP contribution is -2.48. The number of amides is 1. The molecule has 1 amide bonds. The highest BCUT2D eigenvalue weighted by Gasteiger charge is 2.62. The zero-order valence-electron chi connectivity index (χ0n) is 19.3. The standard InChI is InChI=1S/C25H27N3O6S/c1-33-17-27-14-10-19-20(23(27)29)8-5-9-21(19)35(31,32)28-15-11-22(25(28)12-13-25)26-24(30)34-16-18-6-3-2-4-7-18/h2-10,14,22H,11-13,15-17H2,1H3,(H,26,30). The first kappa shape index (κ1) is 23.5. The fourth-order valence-corrected chi connectivity index (χ4v) is 7.06. The average molecular weight is 498 g/mol. The monoisotopic (exact) mass is 497 g/mol. The van der Waals surface area contributed by atoms with E-state index >= 15 is 0 Å². The van der Waals surface area contributed by atoms with Crippen molar-refractivity contribution in [1.29, 1.82) is 0 Å². The van der Waals surface area contributed by atoms with Crippen LogP contribution in [0.1, 0.15) is 24.8 Å². The van der Waals surface area contributed by atoms with Gasteiger partial charge in [0.1, 0.15) is 13.3 Å². The number of nitrogens with zero attached hydrogens (tertiary/aromatic N) is 2. The van der Waals surface area contributed by atoms with Gasteiger partial charge in [-0.05, 0) is 43.0 Å². The smallest absolute Gasteiger partial charge is 0.407 e. The molecule has 5 rings (SSSR count). The predicted octanol–water partition coefficient (Wildman–Crippen LogP) is 2.83. The maximum absolute atomic E-state index is 13.8. The van der Waals surface area contributed by atoms with Crippen molar-refractivity contribution in [3.05, 3.63) is 76.7 Å². The van der Waals surface area contributed by atoms with Gasteiger partial charge < -0.3 is 14.8 Å². The summed E-state index contributed by atoms with van der Waals surface area (Å²) in [4.78, 5) is 25.4. The largest absolute Gasteiger partial charge is 0.445 e. The topological polar surface area (TPSA) is 107 Å². The van der Waals surface area contributed by atoms with Crippen LogP contribution in [0, 0.1) is 0 Å². The number of aromatic nitrogens is 1. The number of fused-ring (bicyclic) bond motifs is 1.